The molecule has 2 saturated heterocycles. The lowest BCUT2D eigenvalue weighted by molar-refractivity contribution is -0.360. The Morgan fingerprint density at radius 1 is 0.356 bits per heavy atom. The minimum Gasteiger partial charge on any atom is -0.463 e. The van der Waals surface area contributed by atoms with Crippen LogP contribution < -0.4 is 0 Å². The van der Waals surface area contributed by atoms with E-state index in [9.17, 15) is 74.6 Å². The van der Waals surface area contributed by atoms with E-state index in [-0.39, 0.29) is 25.7 Å². The van der Waals surface area contributed by atoms with Crippen molar-refractivity contribution in [3.63, 3.8) is 0 Å². The zero-order chi connectivity index (χ0) is 86.2. The van der Waals surface area contributed by atoms with Crippen molar-refractivity contribution in [3.8, 4) is 0 Å². The van der Waals surface area contributed by atoms with E-state index in [1.54, 1.807) is 0 Å². The Morgan fingerprint density at radius 2 is 0.686 bits per heavy atom. The van der Waals surface area contributed by atoms with Crippen LogP contribution in [0.4, 0.5) is 0 Å². The lowest BCUT2D eigenvalue weighted by Gasteiger charge is -2.50. The predicted octanol–water partition coefficient (Wildman–Crippen LogP) is 17.8. The summed E-state index contributed by atoms with van der Waals surface area (Å²) in [7, 11) is -5.81. The van der Waals surface area contributed by atoms with Crippen molar-refractivity contribution in [1.29, 1.82) is 0 Å². The molecule has 26 heteroatoms. The van der Waals surface area contributed by atoms with Crippen LogP contribution >= 0.6 is 7.82 Å². The van der Waals surface area contributed by atoms with Gasteiger partial charge in [0, 0.05) is 25.7 Å². The van der Waals surface area contributed by atoms with Crippen molar-refractivity contribution >= 4 is 31.7 Å². The zero-order valence-electron chi connectivity index (χ0n) is 74.1. The third-order valence-corrected chi connectivity index (χ3v) is 24.7. The summed E-state index contributed by atoms with van der Waals surface area (Å²) < 4.78 is 73.5. The average molecular weight is 1710 g/mol. The molecule has 0 amide bonds. The number of rotatable bonds is 77. The van der Waals surface area contributed by atoms with Gasteiger partial charge in [0.1, 0.15) is 92.6 Å². The van der Waals surface area contributed by atoms with Gasteiger partial charge in [0.05, 0.1) is 13.2 Å². The van der Waals surface area contributed by atoms with Gasteiger partial charge in [-0.2, -0.15) is 0 Å². The average Bonchev–Trinajstić information content (AvgIpc) is 0.753. The molecule has 25 nitrogen and oxygen atoms in total. The van der Waals surface area contributed by atoms with Gasteiger partial charge in [-0.1, -0.05) is 349 Å². The van der Waals surface area contributed by atoms with Crippen LogP contribution in [-0.4, -0.2) is 205 Å². The number of ether oxygens (including phenoxy) is 8. The Bertz CT molecular complexity index is 2520. The number of unbranched alkanes of at least 4 members (excludes halogenated alkanes) is 47. The number of esters is 4. The summed E-state index contributed by atoms with van der Waals surface area (Å²) in [6, 6.07) is 0. The summed E-state index contributed by atoms with van der Waals surface area (Å²) in [5.74, 6) is -2.33. The summed E-state index contributed by atoms with van der Waals surface area (Å²) in [4.78, 5) is 66.5. The van der Waals surface area contributed by atoms with Crippen molar-refractivity contribution in [2.45, 2.75) is 518 Å². The second-order valence-electron chi connectivity index (χ2n) is 34.5. The molecule has 0 bridgehead atoms. The molecule has 0 aromatic heterocycles. The number of hydrogen-bond acceptors (Lipinski definition) is 24. The fraction of sp³-hybridized carbons (Fsp3) is 0.935. The lowest BCUT2D eigenvalue weighted by atomic mass is 9.84. The molecule has 2 aliphatic heterocycles. The molecular weight excluding hydrogens is 1540 g/mol. The molecule has 2 heterocycles. The van der Waals surface area contributed by atoms with Crippen molar-refractivity contribution in [2.75, 3.05) is 26.4 Å². The number of aliphatic hydroxyl groups excluding tert-OH is 9. The van der Waals surface area contributed by atoms with E-state index in [0.29, 0.717) is 38.0 Å². The lowest BCUT2D eigenvalue weighted by Crippen LogP contribution is -2.70. The maximum atomic E-state index is 14.9. The monoisotopic (exact) mass is 1710 g/mol. The highest BCUT2D eigenvalue weighted by Gasteiger charge is 2.60. The van der Waals surface area contributed by atoms with Crippen LogP contribution in [0.15, 0.2) is 12.2 Å². The Kier molecular flexibility index (Phi) is 65.2. The molecule has 3 aliphatic rings. The number of hydrogen-bond donors (Lipinski definition) is 10. The smallest absolute Gasteiger partial charge is 0.463 e. The Morgan fingerprint density at radius 3 is 1.10 bits per heavy atom. The minimum atomic E-state index is -5.81. The summed E-state index contributed by atoms with van der Waals surface area (Å²) in [6.45, 7) is 7.90. The summed E-state index contributed by atoms with van der Waals surface area (Å²) in [6.07, 6.45) is 27.7. The molecule has 0 aromatic rings. The molecule has 3 rings (SSSR count). The number of phosphoric acid groups is 1. The van der Waals surface area contributed by atoms with E-state index in [1.165, 1.54) is 173 Å². The van der Waals surface area contributed by atoms with Gasteiger partial charge >= 0.3 is 31.7 Å². The number of allylic oxidation sites excluding steroid dienone is 2. The number of aliphatic hydroxyl groups is 9. The largest absolute Gasteiger partial charge is 0.472 e. The van der Waals surface area contributed by atoms with Crippen LogP contribution in [0.2, 0.25) is 0 Å². The molecule has 118 heavy (non-hydrogen) atoms. The zero-order valence-corrected chi connectivity index (χ0v) is 75.0. The van der Waals surface area contributed by atoms with Crippen LogP contribution in [0.5, 0.6) is 0 Å². The number of phosphoric ester groups is 1. The third kappa shape index (κ3) is 50.4. The Hall–Kier alpha value is -2.79. The van der Waals surface area contributed by atoms with E-state index >= 15 is 0 Å². The Labute approximate surface area is 712 Å². The summed E-state index contributed by atoms with van der Waals surface area (Å²) in [5.41, 5.74) is 0. The first-order valence-electron chi connectivity index (χ1n) is 47.8. The molecule has 19 unspecified atom stereocenters. The van der Waals surface area contributed by atoms with Crippen molar-refractivity contribution in [2.24, 2.45) is 5.92 Å². The molecule has 19 atom stereocenters. The van der Waals surface area contributed by atoms with Gasteiger partial charge in [0.15, 0.2) is 24.8 Å². The first-order chi connectivity index (χ1) is 57.1. The second kappa shape index (κ2) is 70.4. The third-order valence-electron chi connectivity index (χ3n) is 23.7. The standard InChI is InChI=1S/C92H171O25P/c1-6-10-14-18-22-25-28-31-33-36-38-41-44-51-57-63-75(94)108-68-72(111-77(96)65-59-53-46-43-40-35-30-27-24-20-16-12-8-3)69-110-118(106,107)117-90-88(115-91-85(104)81(100)79(98)73(67-93)112-91)84(103)83(102)87(114-78(97)66-60-54-48-47-50-56-62-71(5)61-55-49-21-17-13-9-4)89(90)116-92-86(105)82(101)80(99)74(113-92)70-109-76(95)64-58-52-45-42-39-37-34-32-29-26-23-19-15-11-7-2/h25,28,71-74,79-93,98-105H,6-24,26-27,29-70H2,1-5H3,(H,106,107)/b28-25-. The minimum absolute atomic E-state index is 0.0184. The molecule has 0 radical (unpaired) electrons. The van der Waals surface area contributed by atoms with Crippen LogP contribution in [-0.2, 0) is 70.7 Å². The normalized spacial score (nSPS) is 25.2. The van der Waals surface area contributed by atoms with Crippen molar-refractivity contribution in [1.82, 2.24) is 0 Å². The van der Waals surface area contributed by atoms with Crippen LogP contribution in [0.1, 0.15) is 413 Å². The molecule has 3 fully saturated rings. The van der Waals surface area contributed by atoms with Gasteiger partial charge in [-0.25, -0.2) is 4.57 Å². The molecule has 694 valence electrons. The van der Waals surface area contributed by atoms with E-state index < -0.39 is 162 Å². The first kappa shape index (κ1) is 109. The van der Waals surface area contributed by atoms with Crippen LogP contribution in [0, 0.1) is 5.92 Å². The highest BCUT2D eigenvalue weighted by Crippen LogP contribution is 2.49. The molecular formula is C92H171O25P. The number of carbonyl (C=O) groups excluding carboxylic acids is 4. The fourth-order valence-electron chi connectivity index (χ4n) is 16.0. The molecule has 0 aromatic carbocycles. The first-order valence-corrected chi connectivity index (χ1v) is 49.3. The van der Waals surface area contributed by atoms with Gasteiger partial charge in [-0.15, -0.1) is 0 Å². The summed E-state index contributed by atoms with van der Waals surface area (Å²) >= 11 is 0. The number of carbonyl (C=O) groups is 4. The topological polar surface area (TPSA) is 380 Å². The van der Waals surface area contributed by atoms with E-state index in [2.05, 4.69) is 46.8 Å². The quantitative estimate of drug-likeness (QED) is 0.00889. The summed E-state index contributed by atoms with van der Waals surface area (Å²) in [5, 5.41) is 102. The van der Waals surface area contributed by atoms with Gasteiger partial charge in [-0.05, 0) is 57.3 Å². The predicted molar refractivity (Wildman–Crippen MR) is 458 cm³/mol. The maximum Gasteiger partial charge on any atom is 0.472 e. The molecule has 1 saturated carbocycles. The van der Waals surface area contributed by atoms with Gasteiger partial charge < -0.3 is 88.7 Å². The van der Waals surface area contributed by atoms with Gasteiger partial charge in [0.25, 0.3) is 0 Å². The maximum absolute atomic E-state index is 14.9. The molecule has 0 spiro atoms. The van der Waals surface area contributed by atoms with Crippen molar-refractivity contribution < 1.29 is 122 Å². The van der Waals surface area contributed by atoms with E-state index in [4.69, 9.17) is 46.9 Å². The SMILES string of the molecule is CCCCCC/C=C\CCCCCCCCCC(=O)OCC(COP(=O)(O)OC1C(OC2OC(CO)C(O)C(O)C2O)C(O)C(O)C(OC(=O)CCCCCCCCC(C)CCCCCCCC)C1OC1OC(COC(=O)CCCCCCCCCCCCCCCCC)C(O)C(O)C1O)OC(=O)CCCCCCCCCCCCCCC. The van der Waals surface area contributed by atoms with Crippen LogP contribution in [0.25, 0.3) is 0 Å². The fourth-order valence-corrected chi connectivity index (χ4v) is 16.9. The van der Waals surface area contributed by atoms with Gasteiger partial charge in [0.2, 0.25) is 0 Å². The highest BCUT2D eigenvalue weighted by atomic mass is 31.2. The second-order valence-corrected chi connectivity index (χ2v) is 35.9. The highest BCUT2D eigenvalue weighted by molar-refractivity contribution is 7.47. The van der Waals surface area contributed by atoms with Crippen LogP contribution in [0.3, 0.4) is 0 Å². The molecule has 10 N–H and O–H groups in total. The van der Waals surface area contributed by atoms with Gasteiger partial charge in [-0.3, -0.25) is 28.2 Å². The Balaban J connectivity index is 1.92. The van der Waals surface area contributed by atoms with E-state index in [1.807, 2.05) is 0 Å². The van der Waals surface area contributed by atoms with E-state index in [0.717, 1.165) is 148 Å². The molecule has 1 aliphatic carbocycles. The van der Waals surface area contributed by atoms with Crippen molar-refractivity contribution in [3.05, 3.63) is 12.2 Å².